The number of sulfonamides is 1. The summed E-state index contributed by atoms with van der Waals surface area (Å²) in [6.07, 6.45) is 4.26. The van der Waals surface area contributed by atoms with Gasteiger partial charge in [0.2, 0.25) is 5.91 Å². The Labute approximate surface area is 147 Å². The van der Waals surface area contributed by atoms with Crippen molar-refractivity contribution in [1.82, 2.24) is 13.9 Å². The van der Waals surface area contributed by atoms with E-state index in [0.29, 0.717) is 19.4 Å². The summed E-state index contributed by atoms with van der Waals surface area (Å²) >= 11 is 0. The second kappa shape index (κ2) is 6.97. The highest BCUT2D eigenvalue weighted by Crippen LogP contribution is 2.24. The van der Waals surface area contributed by atoms with Crippen LogP contribution in [-0.2, 0) is 21.9 Å². The first-order valence-electron chi connectivity index (χ1n) is 8.22. The van der Waals surface area contributed by atoms with Gasteiger partial charge >= 0.3 is 0 Å². The molecule has 3 rings (SSSR count). The Morgan fingerprint density at radius 2 is 2.08 bits per heavy atom. The molecule has 1 fully saturated rings. The number of carbonyl (C=O) groups is 1. The Morgan fingerprint density at radius 3 is 2.76 bits per heavy atom. The Morgan fingerprint density at radius 1 is 1.32 bits per heavy atom. The van der Waals surface area contributed by atoms with E-state index in [1.165, 1.54) is 16.8 Å². The number of hydrogen-bond acceptors (Lipinski definition) is 4. The largest absolute Gasteiger partial charge is 0.339 e. The molecule has 0 aliphatic carbocycles. The number of amides is 1. The summed E-state index contributed by atoms with van der Waals surface area (Å²) < 4.78 is 28.4. The molecular formula is C17H22N4O3S. The molecule has 25 heavy (non-hydrogen) atoms. The van der Waals surface area contributed by atoms with Crippen LogP contribution < -0.4 is 5.32 Å². The van der Waals surface area contributed by atoms with E-state index in [1.807, 2.05) is 31.2 Å². The van der Waals surface area contributed by atoms with E-state index in [1.54, 1.807) is 11.6 Å². The van der Waals surface area contributed by atoms with Gasteiger partial charge in [0.1, 0.15) is 0 Å². The highest BCUT2D eigenvalue weighted by Gasteiger charge is 2.34. The molecule has 134 valence electrons. The van der Waals surface area contributed by atoms with Crippen LogP contribution in [0.15, 0.2) is 41.8 Å². The summed E-state index contributed by atoms with van der Waals surface area (Å²) in [5.41, 5.74) is 1.74. The number of piperidine rings is 1. The molecular weight excluding hydrogens is 340 g/mol. The lowest BCUT2D eigenvalue weighted by Crippen LogP contribution is -2.43. The number of anilines is 1. The van der Waals surface area contributed by atoms with Crippen LogP contribution in [0.5, 0.6) is 0 Å². The molecule has 2 heterocycles. The fourth-order valence-corrected chi connectivity index (χ4v) is 4.47. The standard InChI is InChI=1S/C17H22N4O3S/c1-13-6-3-4-8-15(13)19-17(22)14-7-5-9-21(10-14)25(23,24)16-11-20(2)12-18-16/h3-4,6,8,11-12,14H,5,7,9-10H2,1-2H3,(H,19,22). The maximum absolute atomic E-state index is 12.7. The van der Waals surface area contributed by atoms with Crippen LogP contribution in [0.4, 0.5) is 5.69 Å². The van der Waals surface area contributed by atoms with Crippen LogP contribution in [-0.4, -0.2) is 41.3 Å². The average molecular weight is 362 g/mol. The molecule has 0 radical (unpaired) electrons. The lowest BCUT2D eigenvalue weighted by molar-refractivity contribution is -0.120. The van der Waals surface area contributed by atoms with Crippen molar-refractivity contribution in [3.63, 3.8) is 0 Å². The van der Waals surface area contributed by atoms with Gasteiger partial charge in [0.05, 0.1) is 12.2 Å². The van der Waals surface area contributed by atoms with Crippen molar-refractivity contribution in [3.8, 4) is 0 Å². The molecule has 0 spiro atoms. The maximum Gasteiger partial charge on any atom is 0.262 e. The first kappa shape index (κ1) is 17.6. The Hall–Kier alpha value is -2.19. The van der Waals surface area contributed by atoms with Gasteiger partial charge in [0.15, 0.2) is 5.03 Å². The summed E-state index contributed by atoms with van der Waals surface area (Å²) in [6.45, 7) is 2.51. The Kier molecular flexibility index (Phi) is 4.91. The molecule has 1 atom stereocenters. The number of benzene rings is 1. The number of aromatic nitrogens is 2. The van der Waals surface area contributed by atoms with Crippen LogP contribution in [0.1, 0.15) is 18.4 Å². The van der Waals surface area contributed by atoms with Crippen LogP contribution >= 0.6 is 0 Å². The van der Waals surface area contributed by atoms with Crippen LogP contribution in [0.2, 0.25) is 0 Å². The van der Waals surface area contributed by atoms with E-state index in [-0.39, 0.29) is 23.4 Å². The Bertz CT molecular complexity index is 876. The summed E-state index contributed by atoms with van der Waals surface area (Å²) in [6, 6.07) is 7.54. The van der Waals surface area contributed by atoms with Crippen LogP contribution in [0.25, 0.3) is 0 Å². The van der Waals surface area contributed by atoms with Gasteiger partial charge in [-0.3, -0.25) is 4.79 Å². The predicted octanol–water partition coefficient (Wildman–Crippen LogP) is 1.77. The quantitative estimate of drug-likeness (QED) is 0.898. The minimum Gasteiger partial charge on any atom is -0.339 e. The summed E-state index contributed by atoms with van der Waals surface area (Å²) in [4.78, 5) is 16.5. The van der Waals surface area contributed by atoms with Gasteiger partial charge in [-0.25, -0.2) is 13.4 Å². The first-order valence-corrected chi connectivity index (χ1v) is 9.66. The molecule has 7 nitrogen and oxygen atoms in total. The zero-order chi connectivity index (χ0) is 18.0. The molecule has 1 N–H and O–H groups in total. The molecule has 2 aromatic rings. The van der Waals surface area contributed by atoms with Gasteiger partial charge in [0, 0.05) is 32.0 Å². The van der Waals surface area contributed by atoms with Gasteiger partial charge in [0.25, 0.3) is 10.0 Å². The van der Waals surface area contributed by atoms with Crippen molar-refractivity contribution in [2.45, 2.75) is 24.8 Å². The summed E-state index contributed by atoms with van der Waals surface area (Å²) in [7, 11) is -1.94. The van der Waals surface area contributed by atoms with Crippen molar-refractivity contribution < 1.29 is 13.2 Å². The number of hydrogen-bond donors (Lipinski definition) is 1. The topological polar surface area (TPSA) is 84.3 Å². The smallest absolute Gasteiger partial charge is 0.262 e. The lowest BCUT2D eigenvalue weighted by Gasteiger charge is -2.30. The number of nitrogens with one attached hydrogen (secondary N) is 1. The van der Waals surface area contributed by atoms with Gasteiger partial charge in [-0.1, -0.05) is 18.2 Å². The highest BCUT2D eigenvalue weighted by molar-refractivity contribution is 7.89. The molecule has 1 aromatic heterocycles. The molecule has 8 heteroatoms. The van der Waals surface area contributed by atoms with E-state index < -0.39 is 10.0 Å². The molecule has 0 saturated carbocycles. The van der Waals surface area contributed by atoms with E-state index in [2.05, 4.69) is 10.3 Å². The molecule has 1 unspecified atom stereocenters. The minimum atomic E-state index is -3.67. The molecule has 1 aliphatic rings. The van der Waals surface area contributed by atoms with Gasteiger partial charge in [-0.05, 0) is 31.4 Å². The van der Waals surface area contributed by atoms with E-state index >= 15 is 0 Å². The van der Waals surface area contributed by atoms with Gasteiger partial charge in [-0.15, -0.1) is 0 Å². The molecule has 1 saturated heterocycles. The Balaban J connectivity index is 1.73. The zero-order valence-corrected chi connectivity index (χ0v) is 15.2. The fraction of sp³-hybridized carbons (Fsp3) is 0.412. The van der Waals surface area contributed by atoms with Crippen molar-refractivity contribution in [2.24, 2.45) is 13.0 Å². The number of imidazole rings is 1. The third kappa shape index (κ3) is 3.74. The number of carbonyl (C=O) groups excluding carboxylic acids is 1. The van der Waals surface area contributed by atoms with Crippen LogP contribution in [0, 0.1) is 12.8 Å². The van der Waals surface area contributed by atoms with Gasteiger partial charge < -0.3 is 9.88 Å². The third-order valence-corrected chi connectivity index (χ3v) is 6.19. The van der Waals surface area contributed by atoms with Crippen LogP contribution in [0.3, 0.4) is 0 Å². The van der Waals surface area contributed by atoms with Crippen molar-refractivity contribution in [3.05, 3.63) is 42.4 Å². The van der Waals surface area contributed by atoms with E-state index in [4.69, 9.17) is 0 Å². The molecule has 1 aliphatic heterocycles. The average Bonchev–Trinajstić information content (AvgIpc) is 3.04. The second-order valence-electron chi connectivity index (χ2n) is 6.38. The zero-order valence-electron chi connectivity index (χ0n) is 14.3. The minimum absolute atomic E-state index is 0.0231. The molecule has 1 amide bonds. The number of nitrogens with zero attached hydrogens (tertiary/aromatic N) is 3. The summed E-state index contributed by atoms with van der Waals surface area (Å²) in [5.74, 6) is -0.512. The summed E-state index contributed by atoms with van der Waals surface area (Å²) in [5, 5.41) is 2.94. The third-order valence-electron chi connectivity index (χ3n) is 4.44. The predicted molar refractivity (Wildman–Crippen MR) is 94.5 cm³/mol. The van der Waals surface area contributed by atoms with Crippen molar-refractivity contribution >= 4 is 21.6 Å². The number of rotatable bonds is 4. The van der Waals surface area contributed by atoms with Gasteiger partial charge in [-0.2, -0.15) is 4.31 Å². The highest BCUT2D eigenvalue weighted by atomic mass is 32.2. The fourth-order valence-electron chi connectivity index (χ4n) is 2.98. The van der Waals surface area contributed by atoms with E-state index in [0.717, 1.165) is 11.3 Å². The molecule has 0 bridgehead atoms. The number of para-hydroxylation sites is 1. The number of aryl methyl sites for hydroxylation is 2. The SMILES string of the molecule is Cc1ccccc1NC(=O)C1CCCN(S(=O)(=O)c2cn(C)cn2)C1. The lowest BCUT2D eigenvalue weighted by atomic mass is 9.98. The second-order valence-corrected chi connectivity index (χ2v) is 8.27. The van der Waals surface area contributed by atoms with E-state index in [9.17, 15) is 13.2 Å². The first-order chi connectivity index (χ1) is 11.9. The molecule has 1 aromatic carbocycles. The normalized spacial score (nSPS) is 18.9. The monoisotopic (exact) mass is 362 g/mol. The van der Waals surface area contributed by atoms with Crippen molar-refractivity contribution in [1.29, 1.82) is 0 Å². The maximum atomic E-state index is 12.7. The van der Waals surface area contributed by atoms with Crippen molar-refractivity contribution in [2.75, 3.05) is 18.4 Å².